The van der Waals surface area contributed by atoms with Gasteiger partial charge in [0.1, 0.15) is 0 Å². The summed E-state index contributed by atoms with van der Waals surface area (Å²) in [5.74, 6) is 0.375. The maximum Gasteiger partial charge on any atom is 0.187 e. The van der Waals surface area contributed by atoms with Crippen molar-refractivity contribution in [3.8, 4) is 0 Å². The summed E-state index contributed by atoms with van der Waals surface area (Å²) in [4.78, 5) is 1.28. The van der Waals surface area contributed by atoms with E-state index >= 15 is 0 Å². The van der Waals surface area contributed by atoms with Crippen molar-refractivity contribution >= 4 is 34.4 Å². The van der Waals surface area contributed by atoms with Gasteiger partial charge >= 0.3 is 0 Å². The molecule has 1 aliphatic heterocycles. The minimum absolute atomic E-state index is 0.158. The molecule has 5 heteroatoms. The summed E-state index contributed by atoms with van der Waals surface area (Å²) in [5.41, 5.74) is 9.70. The summed E-state index contributed by atoms with van der Waals surface area (Å²) in [6, 6.07) is 12.9. The number of nitrogens with two attached hydrogens (primary N) is 1. The van der Waals surface area contributed by atoms with Gasteiger partial charge in [-0.15, -0.1) is 11.3 Å². The fourth-order valence-electron chi connectivity index (χ4n) is 3.38. The van der Waals surface area contributed by atoms with Gasteiger partial charge in [0.25, 0.3) is 0 Å². The van der Waals surface area contributed by atoms with Gasteiger partial charge in [0.05, 0.1) is 11.8 Å². The molecule has 0 radical (unpaired) electrons. The number of rotatable bonds is 1. The van der Waals surface area contributed by atoms with Gasteiger partial charge in [-0.1, -0.05) is 30.3 Å². The SMILES string of the molecule is NC(=S)N1N=C2c3ccccc3CC[C@H]2[C@H]1c1cccs1. The average Bonchev–Trinajstić information content (AvgIpc) is 3.13. The predicted molar refractivity (Wildman–Crippen MR) is 90.5 cm³/mol. The lowest BCUT2D eigenvalue weighted by Crippen LogP contribution is -2.34. The molecule has 1 aromatic heterocycles. The molecule has 0 amide bonds. The number of thiocarbonyl (C=S) groups is 1. The Bertz CT molecular complexity index is 721. The molecule has 2 atom stereocenters. The van der Waals surface area contributed by atoms with Gasteiger partial charge in [-0.25, -0.2) is 5.01 Å². The Balaban J connectivity index is 1.83. The first-order valence-corrected chi connectivity index (χ1v) is 8.33. The molecule has 1 aromatic carbocycles. The van der Waals surface area contributed by atoms with Gasteiger partial charge in [0, 0.05) is 16.4 Å². The maximum atomic E-state index is 5.92. The molecule has 2 aliphatic rings. The lowest BCUT2D eigenvalue weighted by molar-refractivity contribution is 0.314. The fourth-order valence-corrected chi connectivity index (χ4v) is 4.41. The Labute approximate surface area is 133 Å². The molecule has 106 valence electrons. The minimum atomic E-state index is 0.158. The zero-order valence-electron chi connectivity index (χ0n) is 11.4. The lowest BCUT2D eigenvalue weighted by Gasteiger charge is -2.28. The third kappa shape index (κ3) is 2.00. The fraction of sp³-hybridized carbons (Fsp3) is 0.250. The summed E-state index contributed by atoms with van der Waals surface area (Å²) in [6.07, 6.45) is 2.18. The molecule has 0 saturated heterocycles. The molecule has 2 aromatic rings. The number of thiophene rings is 1. The van der Waals surface area contributed by atoms with E-state index in [-0.39, 0.29) is 6.04 Å². The van der Waals surface area contributed by atoms with Gasteiger partial charge in [-0.2, -0.15) is 5.10 Å². The van der Waals surface area contributed by atoms with Crippen molar-refractivity contribution in [1.82, 2.24) is 5.01 Å². The van der Waals surface area contributed by atoms with E-state index in [0.29, 0.717) is 11.0 Å². The van der Waals surface area contributed by atoms with Crippen LogP contribution in [-0.2, 0) is 6.42 Å². The topological polar surface area (TPSA) is 41.6 Å². The Morgan fingerprint density at radius 1 is 1.29 bits per heavy atom. The highest BCUT2D eigenvalue weighted by molar-refractivity contribution is 7.80. The zero-order valence-corrected chi connectivity index (χ0v) is 13.0. The summed E-state index contributed by atoms with van der Waals surface area (Å²) < 4.78 is 0. The predicted octanol–water partition coefficient (Wildman–Crippen LogP) is 3.32. The van der Waals surface area contributed by atoms with Crippen LogP contribution in [0.15, 0.2) is 46.9 Å². The van der Waals surface area contributed by atoms with Crippen molar-refractivity contribution in [2.45, 2.75) is 18.9 Å². The molecular weight excluding hydrogens is 298 g/mol. The van der Waals surface area contributed by atoms with E-state index in [1.807, 2.05) is 5.01 Å². The molecule has 2 heterocycles. The van der Waals surface area contributed by atoms with Gasteiger partial charge < -0.3 is 5.73 Å². The summed E-state index contributed by atoms with van der Waals surface area (Å²) >= 11 is 6.98. The van der Waals surface area contributed by atoms with Crippen LogP contribution in [0.25, 0.3) is 0 Å². The van der Waals surface area contributed by atoms with E-state index in [9.17, 15) is 0 Å². The van der Waals surface area contributed by atoms with Crippen LogP contribution in [0.3, 0.4) is 0 Å². The highest BCUT2D eigenvalue weighted by atomic mass is 32.1. The van der Waals surface area contributed by atoms with Crippen LogP contribution in [0.1, 0.15) is 28.5 Å². The van der Waals surface area contributed by atoms with Crippen molar-refractivity contribution < 1.29 is 0 Å². The minimum Gasteiger partial charge on any atom is -0.375 e. The Morgan fingerprint density at radius 2 is 2.14 bits per heavy atom. The van der Waals surface area contributed by atoms with Crippen LogP contribution in [0.2, 0.25) is 0 Å². The van der Waals surface area contributed by atoms with Crippen LogP contribution in [-0.4, -0.2) is 15.8 Å². The molecule has 1 aliphatic carbocycles. The third-order valence-corrected chi connectivity index (χ3v) is 5.42. The van der Waals surface area contributed by atoms with Crippen LogP contribution in [0, 0.1) is 5.92 Å². The number of hydrazone groups is 1. The first kappa shape index (κ1) is 13.0. The van der Waals surface area contributed by atoms with E-state index in [2.05, 4.69) is 41.8 Å². The lowest BCUT2D eigenvalue weighted by atomic mass is 9.79. The van der Waals surface area contributed by atoms with Crippen LogP contribution < -0.4 is 5.73 Å². The molecule has 0 unspecified atom stereocenters. The quantitative estimate of drug-likeness (QED) is 0.821. The van der Waals surface area contributed by atoms with E-state index in [0.717, 1.165) is 18.6 Å². The van der Waals surface area contributed by atoms with Crippen molar-refractivity contribution in [1.29, 1.82) is 0 Å². The first-order chi connectivity index (χ1) is 10.3. The monoisotopic (exact) mass is 313 g/mol. The number of aryl methyl sites for hydroxylation is 1. The number of nitrogens with zero attached hydrogens (tertiary/aromatic N) is 2. The zero-order chi connectivity index (χ0) is 14.4. The third-order valence-electron chi connectivity index (χ3n) is 4.29. The van der Waals surface area contributed by atoms with E-state index in [4.69, 9.17) is 23.1 Å². The highest BCUT2D eigenvalue weighted by Crippen LogP contribution is 2.44. The largest absolute Gasteiger partial charge is 0.375 e. The first-order valence-electron chi connectivity index (χ1n) is 7.04. The summed E-state index contributed by atoms with van der Waals surface area (Å²) in [5, 5.41) is 9.07. The second-order valence-electron chi connectivity index (χ2n) is 5.43. The van der Waals surface area contributed by atoms with Crippen LogP contribution in [0.5, 0.6) is 0 Å². The Morgan fingerprint density at radius 3 is 2.90 bits per heavy atom. The molecule has 2 N–H and O–H groups in total. The van der Waals surface area contributed by atoms with Crippen LogP contribution >= 0.6 is 23.6 Å². The molecule has 4 rings (SSSR count). The molecule has 0 spiro atoms. The van der Waals surface area contributed by atoms with E-state index in [1.54, 1.807) is 11.3 Å². The summed E-state index contributed by atoms with van der Waals surface area (Å²) in [6.45, 7) is 0. The van der Waals surface area contributed by atoms with Crippen molar-refractivity contribution in [3.63, 3.8) is 0 Å². The maximum absolute atomic E-state index is 5.92. The standard InChI is InChI=1S/C16H15N3S2/c17-16(20)19-15(13-6-3-9-21-13)12-8-7-10-4-1-2-5-11(10)14(12)18-19/h1-6,9,12,15H,7-8H2,(H2,17,20)/t12-,15+/m1/s1. The average molecular weight is 313 g/mol. The normalized spacial score (nSPS) is 23.4. The van der Waals surface area contributed by atoms with Gasteiger partial charge in [-0.05, 0) is 42.1 Å². The highest BCUT2D eigenvalue weighted by Gasteiger charge is 2.42. The molecule has 0 saturated carbocycles. The second-order valence-corrected chi connectivity index (χ2v) is 6.83. The number of hydrogen-bond acceptors (Lipinski definition) is 3. The number of benzene rings is 1. The number of hydrogen-bond donors (Lipinski definition) is 1. The number of fused-ring (bicyclic) bond motifs is 3. The molecule has 21 heavy (non-hydrogen) atoms. The molecular formula is C16H15N3S2. The smallest absolute Gasteiger partial charge is 0.187 e. The van der Waals surface area contributed by atoms with E-state index in [1.165, 1.54) is 16.0 Å². The Hall–Kier alpha value is -1.72. The van der Waals surface area contributed by atoms with Crippen LogP contribution in [0.4, 0.5) is 0 Å². The summed E-state index contributed by atoms with van der Waals surface area (Å²) in [7, 11) is 0. The van der Waals surface area contributed by atoms with Crippen molar-refractivity contribution in [2.75, 3.05) is 0 Å². The molecule has 3 nitrogen and oxygen atoms in total. The van der Waals surface area contributed by atoms with Gasteiger partial charge in [-0.3, -0.25) is 0 Å². The van der Waals surface area contributed by atoms with E-state index < -0.39 is 0 Å². The Kier molecular flexibility index (Phi) is 3.05. The van der Waals surface area contributed by atoms with Gasteiger partial charge in [0.15, 0.2) is 5.11 Å². The van der Waals surface area contributed by atoms with Gasteiger partial charge in [0.2, 0.25) is 0 Å². The molecule has 0 fully saturated rings. The van der Waals surface area contributed by atoms with Crippen molar-refractivity contribution in [2.24, 2.45) is 16.8 Å². The second kappa shape index (κ2) is 4.93. The van der Waals surface area contributed by atoms with Crippen molar-refractivity contribution in [3.05, 3.63) is 57.8 Å². The molecule has 0 bridgehead atoms.